The minimum atomic E-state index is -4.53. The molecule has 0 unspecified atom stereocenters. The second-order valence-electron chi connectivity index (χ2n) is 4.18. The van der Waals surface area contributed by atoms with Crippen molar-refractivity contribution >= 4 is 34.5 Å². The summed E-state index contributed by atoms with van der Waals surface area (Å²) < 4.78 is 42.8. The monoisotopic (exact) mass is 415 g/mol. The Morgan fingerprint density at radius 2 is 2.00 bits per heavy atom. The Morgan fingerprint density at radius 1 is 1.33 bits per heavy atom. The van der Waals surface area contributed by atoms with E-state index in [2.05, 4.69) is 4.74 Å². The number of hydrogen-bond acceptors (Lipinski definition) is 3. The Balaban J connectivity index is 2.89. The summed E-state index contributed by atoms with van der Waals surface area (Å²) in [5, 5.41) is 0. The van der Waals surface area contributed by atoms with Gasteiger partial charge in [-0.1, -0.05) is 6.07 Å². The molecular formula is C13H13F3INO3. The highest BCUT2D eigenvalue weighted by atomic mass is 127. The summed E-state index contributed by atoms with van der Waals surface area (Å²) in [5.41, 5.74) is 0.149. The lowest BCUT2D eigenvalue weighted by atomic mass is 10.2. The molecule has 0 N–H and O–H groups in total. The number of ether oxygens (including phenoxy) is 1. The Kier molecular flexibility index (Phi) is 6.43. The first kappa shape index (κ1) is 17.7. The van der Waals surface area contributed by atoms with Crippen molar-refractivity contribution in [2.45, 2.75) is 12.6 Å². The molecule has 8 heteroatoms. The molecule has 1 rings (SSSR count). The minimum absolute atomic E-state index is 0.149. The van der Waals surface area contributed by atoms with Crippen molar-refractivity contribution in [2.24, 2.45) is 0 Å². The van der Waals surface area contributed by atoms with Gasteiger partial charge in [-0.3, -0.25) is 9.59 Å². The van der Waals surface area contributed by atoms with E-state index >= 15 is 0 Å². The van der Waals surface area contributed by atoms with Crippen molar-refractivity contribution in [1.29, 1.82) is 0 Å². The second kappa shape index (κ2) is 7.62. The van der Waals surface area contributed by atoms with Gasteiger partial charge in [-0.15, -0.1) is 0 Å². The van der Waals surface area contributed by atoms with Gasteiger partial charge in [-0.25, -0.2) is 0 Å². The normalized spacial score (nSPS) is 11.1. The lowest BCUT2D eigenvalue weighted by molar-refractivity contribution is -0.147. The van der Waals surface area contributed by atoms with Crippen LogP contribution in [-0.2, 0) is 9.53 Å². The maximum atomic E-state index is 12.6. The number of esters is 1. The van der Waals surface area contributed by atoms with Crippen LogP contribution in [0.1, 0.15) is 16.8 Å². The molecule has 21 heavy (non-hydrogen) atoms. The van der Waals surface area contributed by atoms with Crippen LogP contribution in [0.3, 0.4) is 0 Å². The van der Waals surface area contributed by atoms with E-state index in [4.69, 9.17) is 0 Å². The molecule has 0 atom stereocenters. The Morgan fingerprint density at radius 3 is 2.52 bits per heavy atom. The van der Waals surface area contributed by atoms with Gasteiger partial charge in [0.05, 0.1) is 13.5 Å². The number of nitrogens with zero attached hydrogens (tertiary/aromatic N) is 1. The van der Waals surface area contributed by atoms with Crippen LogP contribution in [0.15, 0.2) is 24.3 Å². The van der Waals surface area contributed by atoms with E-state index in [1.165, 1.54) is 12.1 Å². The maximum absolute atomic E-state index is 12.6. The number of carbonyl (C=O) groups excluding carboxylic acids is 2. The highest BCUT2D eigenvalue weighted by molar-refractivity contribution is 14.1. The van der Waals surface area contributed by atoms with E-state index in [-0.39, 0.29) is 18.5 Å². The molecule has 116 valence electrons. The minimum Gasteiger partial charge on any atom is -0.469 e. The van der Waals surface area contributed by atoms with Crippen molar-refractivity contribution in [1.82, 2.24) is 4.90 Å². The number of rotatable bonds is 5. The fraction of sp³-hybridized carbons (Fsp3) is 0.385. The average Bonchev–Trinajstić information content (AvgIpc) is 2.41. The van der Waals surface area contributed by atoms with Crippen molar-refractivity contribution in [3.05, 3.63) is 33.4 Å². The number of hydrogen-bond donors (Lipinski definition) is 0. The zero-order chi connectivity index (χ0) is 16.0. The molecule has 4 nitrogen and oxygen atoms in total. The molecular weight excluding hydrogens is 402 g/mol. The highest BCUT2D eigenvalue weighted by Gasteiger charge is 2.33. The summed E-state index contributed by atoms with van der Waals surface area (Å²) in [5.74, 6) is -1.44. The molecule has 0 fully saturated rings. The van der Waals surface area contributed by atoms with E-state index in [1.807, 2.05) is 22.6 Å². The summed E-state index contributed by atoms with van der Waals surface area (Å²) in [6, 6.07) is 6.23. The third-order valence-electron chi connectivity index (χ3n) is 2.54. The van der Waals surface area contributed by atoms with Gasteiger partial charge in [-0.2, -0.15) is 13.2 Å². The van der Waals surface area contributed by atoms with Gasteiger partial charge < -0.3 is 9.64 Å². The van der Waals surface area contributed by atoms with Crippen LogP contribution in [0.2, 0.25) is 0 Å². The topological polar surface area (TPSA) is 46.6 Å². The first-order chi connectivity index (χ1) is 9.73. The van der Waals surface area contributed by atoms with Gasteiger partial charge in [0.1, 0.15) is 6.54 Å². The molecule has 0 saturated heterocycles. The fourth-order valence-electron chi connectivity index (χ4n) is 1.60. The zero-order valence-electron chi connectivity index (χ0n) is 11.1. The van der Waals surface area contributed by atoms with Crippen LogP contribution in [0.4, 0.5) is 13.2 Å². The molecule has 0 heterocycles. The number of alkyl halides is 3. The van der Waals surface area contributed by atoms with Gasteiger partial charge in [0.2, 0.25) is 0 Å². The van der Waals surface area contributed by atoms with Crippen molar-refractivity contribution in [2.75, 3.05) is 20.2 Å². The molecule has 0 saturated carbocycles. The number of amides is 1. The molecule has 1 aromatic carbocycles. The third kappa shape index (κ3) is 6.32. The van der Waals surface area contributed by atoms with Crippen molar-refractivity contribution in [3.8, 4) is 0 Å². The summed E-state index contributed by atoms with van der Waals surface area (Å²) in [6.45, 7) is -1.76. The predicted octanol–water partition coefficient (Wildman–Crippen LogP) is 2.86. The van der Waals surface area contributed by atoms with Crippen LogP contribution in [-0.4, -0.2) is 43.2 Å². The Bertz CT molecular complexity index is 520. The van der Waals surface area contributed by atoms with Crippen LogP contribution < -0.4 is 0 Å². The maximum Gasteiger partial charge on any atom is 0.406 e. The first-order valence-electron chi connectivity index (χ1n) is 5.91. The number of carbonyl (C=O) groups is 2. The zero-order valence-corrected chi connectivity index (χ0v) is 13.3. The molecule has 0 aliphatic rings. The smallest absolute Gasteiger partial charge is 0.406 e. The van der Waals surface area contributed by atoms with Crippen molar-refractivity contribution < 1.29 is 27.5 Å². The number of benzene rings is 1. The molecule has 1 aromatic rings. The SMILES string of the molecule is COC(=O)CCN(CC(F)(F)F)C(=O)c1cccc(I)c1. The third-order valence-corrected chi connectivity index (χ3v) is 3.21. The van der Waals surface area contributed by atoms with Gasteiger partial charge in [0.15, 0.2) is 0 Å². The number of halogens is 4. The second-order valence-corrected chi connectivity index (χ2v) is 5.42. The van der Waals surface area contributed by atoms with Gasteiger partial charge in [0.25, 0.3) is 5.91 Å². The quantitative estimate of drug-likeness (QED) is 0.549. The standard InChI is InChI=1S/C13H13F3INO3/c1-21-11(19)5-6-18(8-13(14,15)16)12(20)9-3-2-4-10(17)7-9/h2-4,7H,5-6,8H2,1H3. The molecule has 0 aliphatic carbocycles. The van der Waals surface area contributed by atoms with E-state index in [0.29, 0.717) is 4.90 Å². The van der Waals surface area contributed by atoms with E-state index < -0.39 is 24.6 Å². The van der Waals surface area contributed by atoms with Gasteiger partial charge >= 0.3 is 12.1 Å². The summed E-state index contributed by atoms with van der Waals surface area (Å²) in [4.78, 5) is 23.8. The first-order valence-corrected chi connectivity index (χ1v) is 6.99. The van der Waals surface area contributed by atoms with Crippen molar-refractivity contribution in [3.63, 3.8) is 0 Å². The largest absolute Gasteiger partial charge is 0.469 e. The lowest BCUT2D eigenvalue weighted by Crippen LogP contribution is -2.40. The summed E-state index contributed by atoms with van der Waals surface area (Å²) in [7, 11) is 1.14. The van der Waals surface area contributed by atoms with E-state index in [9.17, 15) is 22.8 Å². The molecule has 1 amide bonds. The predicted molar refractivity (Wildman–Crippen MR) is 77.8 cm³/mol. The van der Waals surface area contributed by atoms with Gasteiger partial charge in [-0.05, 0) is 40.8 Å². The van der Waals surface area contributed by atoms with Crippen LogP contribution >= 0.6 is 22.6 Å². The Hall–Kier alpha value is -1.32. The lowest BCUT2D eigenvalue weighted by Gasteiger charge is -2.23. The van der Waals surface area contributed by atoms with E-state index in [0.717, 1.165) is 10.7 Å². The fourth-order valence-corrected chi connectivity index (χ4v) is 2.14. The number of methoxy groups -OCH3 is 1. The van der Waals surface area contributed by atoms with Crippen LogP contribution in [0, 0.1) is 3.57 Å². The molecule has 0 radical (unpaired) electrons. The summed E-state index contributed by atoms with van der Waals surface area (Å²) >= 11 is 1.96. The van der Waals surface area contributed by atoms with Crippen LogP contribution in [0.5, 0.6) is 0 Å². The van der Waals surface area contributed by atoms with Gasteiger partial charge in [0, 0.05) is 15.7 Å². The summed E-state index contributed by atoms with van der Waals surface area (Å²) in [6.07, 6.45) is -4.82. The average molecular weight is 415 g/mol. The molecule has 0 aliphatic heterocycles. The van der Waals surface area contributed by atoms with Crippen LogP contribution in [0.25, 0.3) is 0 Å². The molecule has 0 bridgehead atoms. The molecule has 0 aromatic heterocycles. The van der Waals surface area contributed by atoms with E-state index in [1.54, 1.807) is 12.1 Å². The Labute approximate surface area is 133 Å². The highest BCUT2D eigenvalue weighted by Crippen LogP contribution is 2.19. The molecule has 0 spiro atoms.